The number of piperidine rings is 1. The summed E-state index contributed by atoms with van der Waals surface area (Å²) in [5.74, 6) is 0.218. The lowest BCUT2D eigenvalue weighted by Crippen LogP contribution is -2.38. The number of esters is 1. The molecule has 2 bridgehead atoms. The van der Waals surface area contributed by atoms with Crippen molar-refractivity contribution in [3.8, 4) is 5.75 Å². The second kappa shape index (κ2) is 9.24. The second-order valence-electron chi connectivity index (χ2n) is 6.80. The fourth-order valence-corrected chi connectivity index (χ4v) is 5.22. The second-order valence-corrected chi connectivity index (χ2v) is 8.23. The number of fused-ring (bicyclic) bond motifs is 2. The van der Waals surface area contributed by atoms with Gasteiger partial charge in [0.1, 0.15) is 10.8 Å². The van der Waals surface area contributed by atoms with Crippen LogP contribution >= 0.6 is 35.3 Å². The molecule has 6 nitrogen and oxygen atoms in total. The van der Waals surface area contributed by atoms with E-state index in [9.17, 15) is 9.59 Å². The third-order valence-corrected chi connectivity index (χ3v) is 6.47. The molecular weight excluding hydrogens is 435 g/mol. The standard InChI is InChI=1S/C20H21ClN2O4S.ClH/c1-2-26-20(25)17-16-12-7-9-23(10-8-12)19(16)28-18(17)22-15(24)11-27-14-5-3-13(21)4-6-14;/h3-6,12H,2,7-11H2,1H3,(H,22,24);1H. The van der Waals surface area contributed by atoms with Gasteiger partial charge in [-0.25, -0.2) is 4.79 Å². The number of nitrogens with zero attached hydrogens (tertiary/aromatic N) is 1. The van der Waals surface area contributed by atoms with Crippen LogP contribution in [0.25, 0.3) is 0 Å². The molecule has 0 radical (unpaired) electrons. The molecule has 156 valence electrons. The zero-order chi connectivity index (χ0) is 19.7. The zero-order valence-electron chi connectivity index (χ0n) is 15.9. The molecule has 0 saturated carbocycles. The molecular formula is C20H22Cl2N2O4S. The van der Waals surface area contributed by atoms with Crippen LogP contribution in [0, 0.1) is 0 Å². The van der Waals surface area contributed by atoms with Gasteiger partial charge in [-0.05, 0) is 49.9 Å². The molecule has 5 rings (SSSR count). The van der Waals surface area contributed by atoms with E-state index < -0.39 is 0 Å². The number of halogens is 2. The molecule has 3 aliphatic heterocycles. The van der Waals surface area contributed by atoms with Crippen LogP contribution in [0.3, 0.4) is 0 Å². The maximum Gasteiger partial charge on any atom is 0.341 e. The summed E-state index contributed by atoms with van der Waals surface area (Å²) in [6.07, 6.45) is 2.06. The minimum Gasteiger partial charge on any atom is -0.484 e. The molecule has 0 atom stereocenters. The van der Waals surface area contributed by atoms with Crippen molar-refractivity contribution in [1.82, 2.24) is 0 Å². The van der Waals surface area contributed by atoms with Gasteiger partial charge in [0.05, 0.1) is 17.2 Å². The molecule has 2 aromatic rings. The maximum atomic E-state index is 12.6. The number of rotatable bonds is 6. The molecule has 1 amide bonds. The van der Waals surface area contributed by atoms with Crippen molar-refractivity contribution in [2.75, 3.05) is 36.5 Å². The number of benzene rings is 1. The summed E-state index contributed by atoms with van der Waals surface area (Å²) < 4.78 is 10.8. The van der Waals surface area contributed by atoms with Gasteiger partial charge in [-0.15, -0.1) is 12.4 Å². The highest BCUT2D eigenvalue weighted by Crippen LogP contribution is 2.51. The third-order valence-electron chi connectivity index (χ3n) is 5.03. The van der Waals surface area contributed by atoms with Crippen LogP contribution in [0.5, 0.6) is 5.75 Å². The highest BCUT2D eigenvalue weighted by atomic mass is 35.5. The Morgan fingerprint density at radius 2 is 1.93 bits per heavy atom. The van der Waals surface area contributed by atoms with Crippen molar-refractivity contribution in [2.45, 2.75) is 25.7 Å². The number of amides is 1. The smallest absolute Gasteiger partial charge is 0.341 e. The summed E-state index contributed by atoms with van der Waals surface area (Å²) in [5.41, 5.74) is 1.55. The molecule has 0 spiro atoms. The number of carbonyl (C=O) groups is 2. The number of ether oxygens (including phenoxy) is 2. The molecule has 9 heteroatoms. The molecule has 1 saturated heterocycles. The van der Waals surface area contributed by atoms with Crippen LogP contribution in [-0.4, -0.2) is 38.2 Å². The number of carbonyl (C=O) groups excluding carboxylic acids is 2. The van der Waals surface area contributed by atoms with Gasteiger partial charge in [0, 0.05) is 23.7 Å². The molecule has 3 aliphatic rings. The highest BCUT2D eigenvalue weighted by Gasteiger charge is 2.39. The predicted octanol–water partition coefficient (Wildman–Crippen LogP) is 4.71. The zero-order valence-corrected chi connectivity index (χ0v) is 18.3. The molecule has 4 heterocycles. The van der Waals surface area contributed by atoms with E-state index in [-0.39, 0.29) is 30.9 Å². The van der Waals surface area contributed by atoms with Crippen molar-refractivity contribution in [2.24, 2.45) is 0 Å². The Labute approximate surface area is 184 Å². The maximum absolute atomic E-state index is 12.6. The normalized spacial score (nSPS) is 14.8. The third kappa shape index (κ3) is 4.47. The summed E-state index contributed by atoms with van der Waals surface area (Å²) in [5, 5.41) is 5.09. The van der Waals surface area contributed by atoms with Crippen LogP contribution in [-0.2, 0) is 9.53 Å². The first-order chi connectivity index (χ1) is 13.6. The van der Waals surface area contributed by atoms with Crippen LogP contribution in [0.4, 0.5) is 10.0 Å². The van der Waals surface area contributed by atoms with Crippen LogP contribution in [0.2, 0.25) is 5.02 Å². The van der Waals surface area contributed by atoms with Gasteiger partial charge < -0.3 is 19.7 Å². The first-order valence-electron chi connectivity index (χ1n) is 9.33. The Balaban J connectivity index is 0.00000240. The van der Waals surface area contributed by atoms with Gasteiger partial charge >= 0.3 is 5.97 Å². The average molecular weight is 457 g/mol. The van der Waals surface area contributed by atoms with E-state index in [1.165, 1.54) is 11.3 Å². The SMILES string of the molecule is CCOC(=O)c1c(NC(=O)COc2ccc(Cl)cc2)sc2c1C1CCN2CC1.Cl. The first kappa shape index (κ1) is 21.7. The quantitative estimate of drug-likeness (QED) is 0.637. The predicted molar refractivity (Wildman–Crippen MR) is 117 cm³/mol. The first-order valence-corrected chi connectivity index (χ1v) is 10.5. The van der Waals surface area contributed by atoms with E-state index in [1.807, 2.05) is 0 Å². The van der Waals surface area contributed by atoms with Gasteiger partial charge in [-0.3, -0.25) is 4.79 Å². The van der Waals surface area contributed by atoms with Crippen LogP contribution in [0.1, 0.15) is 41.6 Å². The highest BCUT2D eigenvalue weighted by molar-refractivity contribution is 7.20. The van der Waals surface area contributed by atoms with Crippen LogP contribution < -0.4 is 15.0 Å². The number of hydrogen-bond donors (Lipinski definition) is 1. The Kier molecular flexibility index (Phi) is 6.93. The minimum absolute atomic E-state index is 0. The molecule has 1 aromatic carbocycles. The van der Waals surface area contributed by atoms with E-state index in [0.717, 1.165) is 36.5 Å². The number of anilines is 2. The Morgan fingerprint density at radius 1 is 1.24 bits per heavy atom. The fraction of sp³-hybridized carbons (Fsp3) is 0.400. The molecule has 1 N–H and O–H groups in total. The topological polar surface area (TPSA) is 67.9 Å². The number of nitrogens with one attached hydrogen (secondary N) is 1. The molecule has 0 unspecified atom stereocenters. The van der Waals surface area contributed by atoms with Crippen molar-refractivity contribution in [1.29, 1.82) is 0 Å². The lowest BCUT2D eigenvalue weighted by Gasteiger charge is -2.40. The van der Waals surface area contributed by atoms with Crippen molar-refractivity contribution < 1.29 is 19.1 Å². The van der Waals surface area contributed by atoms with Gasteiger partial charge in [0.25, 0.3) is 5.91 Å². The summed E-state index contributed by atoms with van der Waals surface area (Å²) in [4.78, 5) is 27.4. The molecule has 29 heavy (non-hydrogen) atoms. The largest absolute Gasteiger partial charge is 0.484 e. The minimum atomic E-state index is -0.373. The van der Waals surface area contributed by atoms with E-state index in [4.69, 9.17) is 21.1 Å². The fourth-order valence-electron chi connectivity index (χ4n) is 3.75. The van der Waals surface area contributed by atoms with Crippen molar-refractivity contribution in [3.05, 3.63) is 40.4 Å². The van der Waals surface area contributed by atoms with E-state index in [1.54, 1.807) is 31.2 Å². The molecule has 1 fully saturated rings. The lowest BCUT2D eigenvalue weighted by atomic mass is 9.84. The van der Waals surface area contributed by atoms with Gasteiger partial charge in [-0.1, -0.05) is 22.9 Å². The van der Waals surface area contributed by atoms with E-state index >= 15 is 0 Å². The Morgan fingerprint density at radius 3 is 2.59 bits per heavy atom. The summed E-state index contributed by atoms with van der Waals surface area (Å²) in [7, 11) is 0. The summed E-state index contributed by atoms with van der Waals surface area (Å²) in [6.45, 7) is 3.91. The molecule has 0 aliphatic carbocycles. The van der Waals surface area contributed by atoms with Gasteiger partial charge in [0.2, 0.25) is 0 Å². The molecule has 1 aromatic heterocycles. The Hall–Kier alpha value is -1.96. The van der Waals surface area contributed by atoms with Crippen molar-refractivity contribution >= 4 is 57.2 Å². The number of thiophene rings is 1. The van der Waals surface area contributed by atoms with Gasteiger partial charge in [0.15, 0.2) is 6.61 Å². The van der Waals surface area contributed by atoms with Gasteiger partial charge in [-0.2, -0.15) is 0 Å². The van der Waals surface area contributed by atoms with E-state index in [2.05, 4.69) is 10.2 Å². The summed E-state index contributed by atoms with van der Waals surface area (Å²) >= 11 is 7.30. The van der Waals surface area contributed by atoms with E-state index in [0.29, 0.717) is 33.9 Å². The Bertz CT molecular complexity index is 893. The van der Waals surface area contributed by atoms with Crippen LogP contribution in [0.15, 0.2) is 24.3 Å². The monoisotopic (exact) mass is 456 g/mol. The summed E-state index contributed by atoms with van der Waals surface area (Å²) in [6, 6.07) is 6.80. The number of hydrogen-bond acceptors (Lipinski definition) is 6. The van der Waals surface area contributed by atoms with Crippen molar-refractivity contribution in [3.63, 3.8) is 0 Å². The lowest BCUT2D eigenvalue weighted by molar-refractivity contribution is -0.118. The average Bonchev–Trinajstić information content (AvgIpc) is 3.09.